The number of hydrogen-bond donors (Lipinski definition) is 1. The number of sulfone groups is 1. The number of nitrogen functional groups attached to an aromatic ring is 1. The molecule has 88 valence electrons. The van der Waals surface area contributed by atoms with Gasteiger partial charge in [-0.1, -0.05) is 0 Å². The van der Waals surface area contributed by atoms with Crippen LogP contribution in [0.4, 0.5) is 11.4 Å². The van der Waals surface area contributed by atoms with Gasteiger partial charge in [0.05, 0.1) is 5.75 Å². The van der Waals surface area contributed by atoms with Crippen molar-refractivity contribution in [3.8, 4) is 0 Å². The van der Waals surface area contributed by atoms with Crippen LogP contribution < -0.4 is 10.6 Å². The zero-order valence-electron chi connectivity index (χ0n) is 9.31. The van der Waals surface area contributed by atoms with Crippen LogP contribution in [0.2, 0.25) is 0 Å². The highest BCUT2D eigenvalue weighted by Crippen LogP contribution is 2.29. The summed E-state index contributed by atoms with van der Waals surface area (Å²) in [6, 6.07) is 5.80. The van der Waals surface area contributed by atoms with Crippen molar-refractivity contribution in [1.82, 2.24) is 0 Å². The highest BCUT2D eigenvalue weighted by atomic mass is 32.2. The largest absolute Gasteiger partial charge is 0.399 e. The van der Waals surface area contributed by atoms with E-state index in [4.69, 9.17) is 5.73 Å². The van der Waals surface area contributed by atoms with Gasteiger partial charge in [0.25, 0.3) is 0 Å². The molecule has 0 fully saturated rings. The first-order valence-corrected chi connectivity index (χ1v) is 7.33. The maximum absolute atomic E-state index is 11.1. The van der Waals surface area contributed by atoms with Crippen molar-refractivity contribution in [1.29, 1.82) is 0 Å². The van der Waals surface area contributed by atoms with Crippen molar-refractivity contribution in [3.05, 3.63) is 23.8 Å². The lowest BCUT2D eigenvalue weighted by Crippen LogP contribution is -2.27. The first kappa shape index (κ1) is 11.3. The highest BCUT2D eigenvalue weighted by molar-refractivity contribution is 7.90. The molecule has 0 amide bonds. The first-order chi connectivity index (χ1) is 7.46. The zero-order chi connectivity index (χ0) is 11.8. The fourth-order valence-corrected chi connectivity index (χ4v) is 2.55. The summed E-state index contributed by atoms with van der Waals surface area (Å²) in [5.74, 6) is 0.205. The van der Waals surface area contributed by atoms with Gasteiger partial charge in [0.1, 0.15) is 9.84 Å². The van der Waals surface area contributed by atoms with E-state index in [0.717, 1.165) is 24.3 Å². The van der Waals surface area contributed by atoms with E-state index >= 15 is 0 Å². The molecule has 0 unspecified atom stereocenters. The lowest BCUT2D eigenvalue weighted by atomic mass is 10.1. The Kier molecular flexibility index (Phi) is 2.80. The lowest BCUT2D eigenvalue weighted by molar-refractivity contribution is 0.600. The third-order valence-electron chi connectivity index (χ3n) is 2.83. The number of anilines is 2. The Bertz CT molecular complexity index is 497. The highest BCUT2D eigenvalue weighted by Gasteiger charge is 2.19. The van der Waals surface area contributed by atoms with Crippen molar-refractivity contribution in [2.75, 3.05) is 35.7 Å². The van der Waals surface area contributed by atoms with Crippen LogP contribution in [-0.2, 0) is 16.3 Å². The van der Waals surface area contributed by atoms with E-state index in [1.54, 1.807) is 0 Å². The van der Waals surface area contributed by atoms with Crippen LogP contribution in [0.15, 0.2) is 18.2 Å². The molecule has 16 heavy (non-hydrogen) atoms. The summed E-state index contributed by atoms with van der Waals surface area (Å²) in [6.45, 7) is 1.45. The molecule has 5 heteroatoms. The van der Waals surface area contributed by atoms with Crippen molar-refractivity contribution >= 4 is 21.2 Å². The normalized spacial score (nSPS) is 15.2. The molecule has 4 nitrogen and oxygen atoms in total. The lowest BCUT2D eigenvalue weighted by Gasteiger charge is -2.18. The van der Waals surface area contributed by atoms with E-state index in [1.807, 2.05) is 18.2 Å². The fourth-order valence-electron chi connectivity index (χ4n) is 2.00. The molecule has 0 aromatic heterocycles. The topological polar surface area (TPSA) is 63.4 Å². The molecule has 2 rings (SSSR count). The number of benzene rings is 1. The van der Waals surface area contributed by atoms with Crippen molar-refractivity contribution < 1.29 is 8.42 Å². The summed E-state index contributed by atoms with van der Waals surface area (Å²) in [4.78, 5) is 2.11. The Labute approximate surface area is 96.0 Å². The van der Waals surface area contributed by atoms with Gasteiger partial charge >= 0.3 is 0 Å². The quantitative estimate of drug-likeness (QED) is 0.789. The Morgan fingerprint density at radius 3 is 2.88 bits per heavy atom. The second kappa shape index (κ2) is 3.97. The number of fused-ring (bicyclic) bond motifs is 1. The average Bonchev–Trinajstić information content (AvgIpc) is 2.56. The van der Waals surface area contributed by atoms with Gasteiger partial charge in [0.2, 0.25) is 0 Å². The van der Waals surface area contributed by atoms with Crippen molar-refractivity contribution in [2.24, 2.45) is 0 Å². The van der Waals surface area contributed by atoms with E-state index in [2.05, 4.69) is 4.90 Å². The average molecular weight is 240 g/mol. The molecule has 1 heterocycles. The van der Waals surface area contributed by atoms with Crippen LogP contribution in [0.25, 0.3) is 0 Å². The summed E-state index contributed by atoms with van der Waals surface area (Å²) < 4.78 is 22.2. The Morgan fingerprint density at radius 2 is 2.19 bits per heavy atom. The zero-order valence-corrected chi connectivity index (χ0v) is 10.1. The molecule has 0 spiro atoms. The van der Waals surface area contributed by atoms with Crippen LogP contribution in [0.1, 0.15) is 5.56 Å². The van der Waals surface area contributed by atoms with E-state index in [-0.39, 0.29) is 5.75 Å². The number of nitrogens with two attached hydrogens (primary N) is 1. The summed E-state index contributed by atoms with van der Waals surface area (Å²) in [5.41, 5.74) is 8.81. The molecular weight excluding hydrogens is 224 g/mol. The summed E-state index contributed by atoms with van der Waals surface area (Å²) in [7, 11) is -2.89. The van der Waals surface area contributed by atoms with Gasteiger partial charge in [0, 0.05) is 30.7 Å². The van der Waals surface area contributed by atoms with Crippen molar-refractivity contribution in [3.63, 3.8) is 0 Å². The van der Waals surface area contributed by atoms with Gasteiger partial charge in [-0.15, -0.1) is 0 Å². The van der Waals surface area contributed by atoms with Crippen LogP contribution in [-0.4, -0.2) is 33.5 Å². The predicted octanol–water partition coefficient (Wildman–Crippen LogP) is 0.676. The maximum Gasteiger partial charge on any atom is 0.149 e. The number of rotatable bonds is 3. The third kappa shape index (κ3) is 2.47. The molecule has 0 bridgehead atoms. The number of hydrogen-bond acceptors (Lipinski definition) is 4. The van der Waals surface area contributed by atoms with Crippen molar-refractivity contribution in [2.45, 2.75) is 6.42 Å². The SMILES string of the molecule is CS(=O)(=O)CCN1CCc2cc(N)ccc21. The van der Waals surface area contributed by atoms with Gasteiger partial charge in [-0.05, 0) is 30.2 Å². The van der Waals surface area contributed by atoms with Gasteiger partial charge in [0.15, 0.2) is 0 Å². The maximum atomic E-state index is 11.1. The molecule has 1 aliphatic heterocycles. The van der Waals surface area contributed by atoms with Crippen LogP contribution in [0, 0.1) is 0 Å². The fraction of sp³-hybridized carbons (Fsp3) is 0.455. The van der Waals surface area contributed by atoms with E-state index in [0.29, 0.717) is 6.54 Å². The molecular formula is C11H16N2O2S. The van der Waals surface area contributed by atoms with Gasteiger partial charge in [-0.2, -0.15) is 0 Å². The summed E-state index contributed by atoms with van der Waals surface area (Å²) in [6.07, 6.45) is 2.22. The standard InChI is InChI=1S/C11H16N2O2S/c1-16(14,15)7-6-13-5-4-9-8-10(12)2-3-11(9)13/h2-3,8H,4-7,12H2,1H3. The number of nitrogens with zero attached hydrogens (tertiary/aromatic N) is 1. The molecule has 0 aliphatic carbocycles. The molecule has 1 aliphatic rings. The minimum Gasteiger partial charge on any atom is -0.399 e. The van der Waals surface area contributed by atoms with Gasteiger partial charge in [-0.25, -0.2) is 8.42 Å². The van der Waals surface area contributed by atoms with Crippen LogP contribution in [0.5, 0.6) is 0 Å². The van der Waals surface area contributed by atoms with Crippen LogP contribution >= 0.6 is 0 Å². The Balaban J connectivity index is 2.12. The van der Waals surface area contributed by atoms with Crippen LogP contribution in [0.3, 0.4) is 0 Å². The predicted molar refractivity (Wildman–Crippen MR) is 66.5 cm³/mol. The van der Waals surface area contributed by atoms with Gasteiger partial charge < -0.3 is 10.6 Å². The Hall–Kier alpha value is -1.23. The molecule has 1 aromatic rings. The molecule has 1 aromatic carbocycles. The summed E-state index contributed by atoms with van der Waals surface area (Å²) in [5, 5.41) is 0. The minimum absolute atomic E-state index is 0.205. The Morgan fingerprint density at radius 1 is 1.44 bits per heavy atom. The van der Waals surface area contributed by atoms with E-state index in [9.17, 15) is 8.42 Å². The molecule has 0 radical (unpaired) electrons. The summed E-state index contributed by atoms with van der Waals surface area (Å²) >= 11 is 0. The third-order valence-corrected chi connectivity index (χ3v) is 3.75. The molecule has 2 N–H and O–H groups in total. The van der Waals surface area contributed by atoms with E-state index < -0.39 is 9.84 Å². The second-order valence-electron chi connectivity index (χ2n) is 4.26. The molecule has 0 atom stereocenters. The first-order valence-electron chi connectivity index (χ1n) is 5.27. The monoisotopic (exact) mass is 240 g/mol. The smallest absolute Gasteiger partial charge is 0.149 e. The second-order valence-corrected chi connectivity index (χ2v) is 6.51. The van der Waals surface area contributed by atoms with E-state index in [1.165, 1.54) is 11.8 Å². The molecule has 0 saturated heterocycles. The van der Waals surface area contributed by atoms with Gasteiger partial charge in [-0.3, -0.25) is 0 Å². The molecule has 0 saturated carbocycles. The minimum atomic E-state index is -2.89.